The molecule has 8 heteroatoms. The monoisotopic (exact) mass is 485 g/mol. The van der Waals surface area contributed by atoms with Gasteiger partial charge in [0.1, 0.15) is 0 Å². The summed E-state index contributed by atoms with van der Waals surface area (Å²) in [6.45, 7) is 2.08. The third-order valence-electron chi connectivity index (χ3n) is 4.31. The van der Waals surface area contributed by atoms with E-state index in [0.29, 0.717) is 16.8 Å². The Morgan fingerprint density at radius 3 is 2.53 bits per heavy atom. The molecule has 1 aromatic heterocycles. The van der Waals surface area contributed by atoms with Gasteiger partial charge < -0.3 is 16.0 Å². The lowest BCUT2D eigenvalue weighted by Crippen LogP contribution is -2.28. The van der Waals surface area contributed by atoms with Crippen molar-refractivity contribution in [2.24, 2.45) is 0 Å². The highest BCUT2D eigenvalue weighted by Gasteiger charge is 2.14. The number of carbonyl (C=O) groups is 3. The lowest BCUT2D eigenvalue weighted by atomic mass is 10.1. The van der Waals surface area contributed by atoms with Crippen molar-refractivity contribution in [3.05, 3.63) is 80.5 Å². The minimum Gasteiger partial charge on any atom is -0.351 e. The molecule has 0 saturated heterocycles. The first-order valence-electron chi connectivity index (χ1n) is 9.21. The maximum atomic E-state index is 12.6. The summed E-state index contributed by atoms with van der Waals surface area (Å²) < 4.78 is 0.873. The zero-order valence-electron chi connectivity index (χ0n) is 16.2. The molecule has 0 saturated carbocycles. The highest BCUT2D eigenvalue weighted by atomic mass is 79.9. The van der Waals surface area contributed by atoms with Gasteiger partial charge in [-0.05, 0) is 48.2 Å². The molecule has 0 unspecified atom stereocenters. The van der Waals surface area contributed by atoms with Crippen LogP contribution in [0.4, 0.5) is 11.4 Å². The van der Waals surface area contributed by atoms with Crippen LogP contribution in [-0.4, -0.2) is 24.3 Å². The van der Waals surface area contributed by atoms with Gasteiger partial charge in [0.15, 0.2) is 0 Å². The molecule has 3 rings (SSSR count). The number of halogens is 1. The maximum absolute atomic E-state index is 12.6. The summed E-state index contributed by atoms with van der Waals surface area (Å²) in [4.78, 5) is 37.1. The molecule has 0 atom stereocenters. The fraction of sp³-hybridized carbons (Fsp3) is 0.136. The first-order chi connectivity index (χ1) is 14.4. The van der Waals surface area contributed by atoms with Gasteiger partial charge >= 0.3 is 0 Å². The van der Waals surface area contributed by atoms with Crippen LogP contribution < -0.4 is 16.0 Å². The molecular weight excluding hydrogens is 466 g/mol. The predicted octanol–water partition coefficient (Wildman–Crippen LogP) is 4.83. The predicted molar refractivity (Wildman–Crippen MR) is 123 cm³/mol. The Morgan fingerprint density at radius 1 is 0.967 bits per heavy atom. The molecule has 154 valence electrons. The highest BCUT2D eigenvalue weighted by Crippen LogP contribution is 2.21. The van der Waals surface area contributed by atoms with Gasteiger partial charge in [0.05, 0.1) is 16.8 Å². The van der Waals surface area contributed by atoms with Crippen molar-refractivity contribution in [1.82, 2.24) is 5.32 Å². The first-order valence-corrected chi connectivity index (χ1v) is 10.9. The average molecular weight is 486 g/mol. The summed E-state index contributed by atoms with van der Waals surface area (Å²) in [6.07, 6.45) is 0.126. The van der Waals surface area contributed by atoms with Crippen LogP contribution in [0.15, 0.2) is 63.8 Å². The Morgan fingerprint density at radius 2 is 1.77 bits per heavy atom. The number of rotatable bonds is 7. The number of thiophene rings is 1. The topological polar surface area (TPSA) is 87.3 Å². The highest BCUT2D eigenvalue weighted by molar-refractivity contribution is 9.10. The molecule has 0 aliphatic heterocycles. The number of para-hydroxylation sites is 1. The minimum absolute atomic E-state index is 0.126. The Balaban J connectivity index is 1.55. The van der Waals surface area contributed by atoms with Gasteiger partial charge in [-0.1, -0.05) is 34.1 Å². The summed E-state index contributed by atoms with van der Waals surface area (Å²) in [5, 5.41) is 11.9. The van der Waals surface area contributed by atoms with E-state index in [0.717, 1.165) is 15.7 Å². The molecule has 3 aromatic rings. The molecule has 0 fully saturated rings. The van der Waals surface area contributed by atoms with Crippen LogP contribution in [-0.2, 0) is 4.79 Å². The normalized spacial score (nSPS) is 10.3. The number of anilines is 2. The van der Waals surface area contributed by atoms with Crippen LogP contribution >= 0.6 is 27.3 Å². The van der Waals surface area contributed by atoms with Gasteiger partial charge in [-0.25, -0.2) is 0 Å². The van der Waals surface area contributed by atoms with E-state index in [9.17, 15) is 14.4 Å². The zero-order valence-corrected chi connectivity index (χ0v) is 18.6. The molecule has 0 bridgehead atoms. The molecule has 3 N–H and O–H groups in total. The van der Waals surface area contributed by atoms with Gasteiger partial charge in [-0.2, -0.15) is 11.3 Å². The van der Waals surface area contributed by atoms with E-state index >= 15 is 0 Å². The fourth-order valence-corrected chi connectivity index (χ4v) is 3.70. The smallest absolute Gasteiger partial charge is 0.256 e. The van der Waals surface area contributed by atoms with Crippen LogP contribution in [0, 0.1) is 6.92 Å². The summed E-state index contributed by atoms with van der Waals surface area (Å²) in [5.74, 6) is -0.835. The quantitative estimate of drug-likeness (QED) is 0.447. The molecule has 2 aromatic carbocycles. The molecule has 30 heavy (non-hydrogen) atoms. The Kier molecular flexibility index (Phi) is 7.37. The second-order valence-corrected chi connectivity index (χ2v) is 8.22. The molecular formula is C22H20BrN3O3S. The molecule has 3 amide bonds. The number of hydrogen-bond acceptors (Lipinski definition) is 4. The minimum atomic E-state index is -0.359. The van der Waals surface area contributed by atoms with Gasteiger partial charge in [-0.15, -0.1) is 0 Å². The fourth-order valence-electron chi connectivity index (χ4n) is 2.70. The second-order valence-electron chi connectivity index (χ2n) is 6.53. The van der Waals surface area contributed by atoms with E-state index in [1.807, 2.05) is 30.5 Å². The van der Waals surface area contributed by atoms with Crippen molar-refractivity contribution in [2.75, 3.05) is 17.2 Å². The second kappa shape index (κ2) is 10.2. The standard InChI is InChI=1S/C22H20BrN3O3S/c1-14-6-7-16(23)12-19(14)25-20(27)8-10-24-22(29)17-4-2-3-5-18(17)26-21(28)15-9-11-30-13-15/h2-7,9,11-13H,8,10H2,1H3,(H,24,29)(H,25,27)(H,26,28). The maximum Gasteiger partial charge on any atom is 0.256 e. The largest absolute Gasteiger partial charge is 0.351 e. The Bertz CT molecular complexity index is 1070. The van der Waals surface area contributed by atoms with Crippen LogP contribution in [0.1, 0.15) is 32.7 Å². The molecule has 0 spiro atoms. The van der Waals surface area contributed by atoms with Gasteiger partial charge in [0, 0.05) is 28.5 Å². The lowest BCUT2D eigenvalue weighted by Gasteiger charge is -2.12. The van der Waals surface area contributed by atoms with Crippen LogP contribution in [0.25, 0.3) is 0 Å². The van der Waals surface area contributed by atoms with Crippen molar-refractivity contribution >= 4 is 56.4 Å². The average Bonchev–Trinajstić information content (AvgIpc) is 3.26. The van der Waals surface area contributed by atoms with Gasteiger partial charge in [-0.3, -0.25) is 14.4 Å². The Hall–Kier alpha value is -2.97. The Labute approximate surface area is 186 Å². The molecule has 0 aliphatic carbocycles. The first kappa shape index (κ1) is 21.7. The molecule has 0 radical (unpaired) electrons. The van der Waals surface area contributed by atoms with Crippen molar-refractivity contribution in [1.29, 1.82) is 0 Å². The molecule has 1 heterocycles. The number of hydrogen-bond donors (Lipinski definition) is 3. The van der Waals surface area contributed by atoms with Crippen molar-refractivity contribution in [3.63, 3.8) is 0 Å². The molecule has 0 aliphatic rings. The van der Waals surface area contributed by atoms with Crippen LogP contribution in [0.5, 0.6) is 0 Å². The zero-order chi connectivity index (χ0) is 21.5. The number of nitrogens with one attached hydrogen (secondary N) is 3. The van der Waals surface area contributed by atoms with E-state index in [-0.39, 0.29) is 30.7 Å². The number of aryl methyl sites for hydroxylation is 1. The SMILES string of the molecule is Cc1ccc(Br)cc1NC(=O)CCNC(=O)c1ccccc1NC(=O)c1ccsc1. The van der Waals surface area contributed by atoms with Crippen molar-refractivity contribution < 1.29 is 14.4 Å². The summed E-state index contributed by atoms with van der Waals surface area (Å²) in [6, 6.07) is 14.1. The van der Waals surface area contributed by atoms with E-state index in [1.54, 1.807) is 35.7 Å². The van der Waals surface area contributed by atoms with Gasteiger partial charge in [0.25, 0.3) is 11.8 Å². The number of benzene rings is 2. The molecule has 6 nitrogen and oxygen atoms in total. The van der Waals surface area contributed by atoms with Crippen molar-refractivity contribution in [3.8, 4) is 0 Å². The van der Waals surface area contributed by atoms with E-state index < -0.39 is 0 Å². The van der Waals surface area contributed by atoms with Gasteiger partial charge in [0.2, 0.25) is 5.91 Å². The summed E-state index contributed by atoms with van der Waals surface area (Å²) in [7, 11) is 0. The van der Waals surface area contributed by atoms with E-state index in [2.05, 4.69) is 31.9 Å². The third-order valence-corrected chi connectivity index (χ3v) is 5.49. The van der Waals surface area contributed by atoms with Crippen LogP contribution in [0.2, 0.25) is 0 Å². The van der Waals surface area contributed by atoms with E-state index in [1.165, 1.54) is 11.3 Å². The van der Waals surface area contributed by atoms with Crippen LogP contribution in [0.3, 0.4) is 0 Å². The van der Waals surface area contributed by atoms with E-state index in [4.69, 9.17) is 0 Å². The number of carbonyl (C=O) groups excluding carboxylic acids is 3. The third kappa shape index (κ3) is 5.77. The van der Waals surface area contributed by atoms with Crippen molar-refractivity contribution in [2.45, 2.75) is 13.3 Å². The number of amides is 3. The lowest BCUT2D eigenvalue weighted by molar-refractivity contribution is -0.116. The summed E-state index contributed by atoms with van der Waals surface area (Å²) in [5.41, 5.74) is 2.97. The summed E-state index contributed by atoms with van der Waals surface area (Å²) >= 11 is 4.81.